The van der Waals surface area contributed by atoms with Crippen LogP contribution in [0.15, 0.2) is 12.8 Å². The molecule has 0 bridgehead atoms. The Balaban J connectivity index is 0. The Morgan fingerprint density at radius 3 is 1.26 bits per heavy atom. The molecule has 0 atom stereocenters. The molecule has 7 nitrogen and oxygen atoms in total. The normalized spacial score (nSPS) is 9.63. The number of ether oxygens (including phenoxy) is 4. The molecule has 3 N–H and O–H groups in total. The number of hydrogen-bond acceptors (Lipinski definition) is 7. The van der Waals surface area contributed by atoms with Gasteiger partial charge < -0.3 is 34.3 Å². The van der Waals surface area contributed by atoms with Crippen molar-refractivity contribution in [2.45, 2.75) is 0 Å². The van der Waals surface area contributed by atoms with Crippen molar-refractivity contribution in [3.63, 3.8) is 0 Å². The number of aliphatic hydroxyl groups is 3. The summed E-state index contributed by atoms with van der Waals surface area (Å²) in [6.07, 6.45) is 1.30. The lowest BCUT2D eigenvalue weighted by Crippen LogP contribution is -2.11. The van der Waals surface area contributed by atoms with E-state index < -0.39 is 0 Å². The number of hydrogen-bond donors (Lipinski definition) is 3. The van der Waals surface area contributed by atoms with Gasteiger partial charge in [0.25, 0.3) is 0 Å². The quantitative estimate of drug-likeness (QED) is 0.299. The van der Waals surface area contributed by atoms with Crippen LogP contribution in [0.5, 0.6) is 0 Å². The van der Waals surface area contributed by atoms with Gasteiger partial charge in [-0.25, -0.2) is 0 Å². The Morgan fingerprint density at radius 1 is 0.632 bits per heavy atom. The highest BCUT2D eigenvalue weighted by atomic mass is 16.5. The van der Waals surface area contributed by atoms with E-state index in [1.807, 2.05) is 0 Å². The van der Waals surface area contributed by atoms with Gasteiger partial charge in [0, 0.05) is 0 Å². The van der Waals surface area contributed by atoms with Gasteiger partial charge >= 0.3 is 0 Å². The van der Waals surface area contributed by atoms with E-state index in [-0.39, 0.29) is 19.8 Å². The minimum Gasteiger partial charge on any atom is -0.499 e. The minimum absolute atomic E-state index is 0.0413. The molecule has 0 saturated carbocycles. The van der Waals surface area contributed by atoms with E-state index in [1.54, 1.807) is 0 Å². The Morgan fingerprint density at radius 2 is 1.00 bits per heavy atom. The summed E-state index contributed by atoms with van der Waals surface area (Å²) >= 11 is 0. The first-order valence-corrected chi connectivity index (χ1v) is 6.11. The predicted octanol–water partition coefficient (Wildman–Crippen LogP) is -0.840. The van der Waals surface area contributed by atoms with Crippen LogP contribution < -0.4 is 0 Å². The zero-order valence-electron chi connectivity index (χ0n) is 11.3. The van der Waals surface area contributed by atoms with E-state index in [9.17, 15) is 0 Å². The third-order valence-corrected chi connectivity index (χ3v) is 1.54. The Labute approximate surface area is 114 Å². The van der Waals surface area contributed by atoms with E-state index >= 15 is 0 Å². The molecule has 116 valence electrons. The third-order valence-electron chi connectivity index (χ3n) is 1.54. The molecule has 0 aliphatic carbocycles. The fraction of sp³-hybridized carbons (Fsp3) is 0.833. The molecule has 7 heteroatoms. The summed E-state index contributed by atoms with van der Waals surface area (Å²) in [5.74, 6) is 0. The molecule has 0 aromatic rings. The van der Waals surface area contributed by atoms with Crippen molar-refractivity contribution in [1.82, 2.24) is 0 Å². The van der Waals surface area contributed by atoms with Crippen LogP contribution in [0.1, 0.15) is 0 Å². The molecule has 0 heterocycles. The fourth-order valence-corrected chi connectivity index (χ4v) is 0.807. The van der Waals surface area contributed by atoms with Crippen LogP contribution in [-0.4, -0.2) is 81.4 Å². The fourth-order valence-electron chi connectivity index (χ4n) is 0.807. The van der Waals surface area contributed by atoms with Gasteiger partial charge in [-0.3, -0.25) is 0 Å². The maximum absolute atomic E-state index is 8.36. The van der Waals surface area contributed by atoms with E-state index in [0.29, 0.717) is 46.2 Å². The summed E-state index contributed by atoms with van der Waals surface area (Å²) in [5, 5.41) is 24.7. The molecule has 0 amide bonds. The van der Waals surface area contributed by atoms with Crippen LogP contribution in [-0.2, 0) is 18.9 Å². The Hall–Kier alpha value is -0.700. The van der Waals surface area contributed by atoms with Gasteiger partial charge in [0.05, 0.1) is 65.7 Å². The maximum atomic E-state index is 8.36. The number of rotatable bonds is 13. The lowest BCUT2D eigenvalue weighted by Gasteiger charge is -2.04. The molecule has 0 spiro atoms. The smallest absolute Gasteiger partial charge is 0.110 e. The summed E-state index contributed by atoms with van der Waals surface area (Å²) in [7, 11) is 0. The van der Waals surface area contributed by atoms with Crippen LogP contribution in [0.3, 0.4) is 0 Å². The highest BCUT2D eigenvalue weighted by Gasteiger charge is 1.89. The molecule has 0 fully saturated rings. The van der Waals surface area contributed by atoms with Crippen molar-refractivity contribution in [3.8, 4) is 0 Å². The van der Waals surface area contributed by atoms with Crippen LogP contribution in [0.2, 0.25) is 0 Å². The standard InChI is InChI=1S/C8H18O5.C4H8O2/c9-1-3-11-5-7-13-8-6-12-4-2-10;1-2-6-4-3-5/h9-10H,1-8H2;2,5H,1,3-4H2. The topological polar surface area (TPSA) is 97.6 Å². The van der Waals surface area contributed by atoms with Gasteiger partial charge in [-0.15, -0.1) is 0 Å². The molecule has 0 aliphatic rings. The lowest BCUT2D eigenvalue weighted by atomic mass is 10.7. The van der Waals surface area contributed by atoms with Gasteiger partial charge in [-0.05, 0) is 0 Å². The largest absolute Gasteiger partial charge is 0.499 e. The molecule has 19 heavy (non-hydrogen) atoms. The first kappa shape index (κ1) is 20.6. The van der Waals surface area contributed by atoms with Crippen molar-refractivity contribution >= 4 is 0 Å². The van der Waals surface area contributed by atoms with Gasteiger partial charge in [0.2, 0.25) is 0 Å². The van der Waals surface area contributed by atoms with Gasteiger partial charge in [0.1, 0.15) is 6.61 Å². The van der Waals surface area contributed by atoms with Crippen LogP contribution in [0.25, 0.3) is 0 Å². The number of aliphatic hydroxyl groups excluding tert-OH is 3. The summed E-state index contributed by atoms with van der Waals surface area (Å²) in [5.41, 5.74) is 0. The van der Waals surface area contributed by atoms with Crippen LogP contribution in [0.4, 0.5) is 0 Å². The first-order valence-electron chi connectivity index (χ1n) is 6.11. The SMILES string of the molecule is C=COCCO.OCCOCCOCCOCCO. The zero-order valence-corrected chi connectivity index (χ0v) is 11.3. The molecule has 0 rings (SSSR count). The maximum Gasteiger partial charge on any atom is 0.110 e. The van der Waals surface area contributed by atoms with E-state index in [0.717, 1.165) is 0 Å². The summed E-state index contributed by atoms with van der Waals surface area (Å²) in [6.45, 7) is 6.44. The monoisotopic (exact) mass is 282 g/mol. The third kappa shape index (κ3) is 26.8. The Kier molecular flexibility index (Phi) is 24.4. The van der Waals surface area contributed by atoms with Crippen molar-refractivity contribution in [3.05, 3.63) is 12.8 Å². The van der Waals surface area contributed by atoms with Gasteiger partial charge in [-0.2, -0.15) is 0 Å². The summed E-state index contributed by atoms with van der Waals surface area (Å²) in [6, 6.07) is 0. The van der Waals surface area contributed by atoms with Crippen molar-refractivity contribution in [2.75, 3.05) is 66.1 Å². The van der Waals surface area contributed by atoms with E-state index in [1.165, 1.54) is 6.26 Å². The molecular formula is C12H26O7. The second kappa shape index (κ2) is 22.5. The minimum atomic E-state index is 0.0413. The molecule has 0 unspecified atom stereocenters. The molecule has 0 aliphatic heterocycles. The first-order chi connectivity index (χ1) is 9.33. The summed E-state index contributed by atoms with van der Waals surface area (Å²) < 4.78 is 19.5. The van der Waals surface area contributed by atoms with Crippen molar-refractivity contribution in [2.24, 2.45) is 0 Å². The zero-order chi connectivity index (χ0) is 14.6. The van der Waals surface area contributed by atoms with E-state index in [2.05, 4.69) is 11.3 Å². The van der Waals surface area contributed by atoms with Gasteiger partial charge in [-0.1, -0.05) is 6.58 Å². The van der Waals surface area contributed by atoms with Gasteiger partial charge in [0.15, 0.2) is 0 Å². The molecular weight excluding hydrogens is 256 g/mol. The molecule has 0 aromatic heterocycles. The predicted molar refractivity (Wildman–Crippen MR) is 69.9 cm³/mol. The Bertz CT molecular complexity index is 145. The molecule has 0 aromatic carbocycles. The highest BCUT2D eigenvalue weighted by molar-refractivity contribution is 4.46. The molecule has 0 saturated heterocycles. The lowest BCUT2D eigenvalue weighted by molar-refractivity contribution is 0.00230. The molecule has 0 radical (unpaired) electrons. The highest BCUT2D eigenvalue weighted by Crippen LogP contribution is 1.80. The van der Waals surface area contributed by atoms with Crippen molar-refractivity contribution in [1.29, 1.82) is 0 Å². The van der Waals surface area contributed by atoms with Crippen LogP contribution in [0, 0.1) is 0 Å². The second-order valence-corrected chi connectivity index (χ2v) is 3.05. The van der Waals surface area contributed by atoms with Crippen LogP contribution >= 0.6 is 0 Å². The summed E-state index contributed by atoms with van der Waals surface area (Å²) in [4.78, 5) is 0. The average Bonchev–Trinajstić information content (AvgIpc) is 2.44. The second-order valence-electron chi connectivity index (χ2n) is 3.05. The van der Waals surface area contributed by atoms with Crippen molar-refractivity contribution < 1.29 is 34.3 Å². The van der Waals surface area contributed by atoms with E-state index in [4.69, 9.17) is 29.5 Å². The average molecular weight is 282 g/mol.